The van der Waals surface area contributed by atoms with Crippen LogP contribution in [0.5, 0.6) is 0 Å². The Morgan fingerprint density at radius 1 is 1.44 bits per heavy atom. The van der Waals surface area contributed by atoms with Crippen LogP contribution >= 0.6 is 15.9 Å². The molecule has 1 unspecified atom stereocenters. The fraction of sp³-hybridized carbons (Fsp3) is 0.692. The summed E-state index contributed by atoms with van der Waals surface area (Å²) < 4.78 is 6.72. The normalized spacial score (nSPS) is 19.9. The van der Waals surface area contributed by atoms with Crippen LogP contribution in [0.4, 0.5) is 0 Å². The van der Waals surface area contributed by atoms with Crippen molar-refractivity contribution < 1.29 is 4.42 Å². The zero-order valence-electron chi connectivity index (χ0n) is 9.84. The molecule has 1 atom stereocenters. The van der Waals surface area contributed by atoms with Crippen LogP contribution in [0.25, 0.3) is 0 Å². The molecule has 1 aromatic rings. The van der Waals surface area contributed by atoms with Gasteiger partial charge in [-0.25, -0.2) is 0 Å². The summed E-state index contributed by atoms with van der Waals surface area (Å²) in [6, 6.07) is 2.37. The van der Waals surface area contributed by atoms with E-state index in [1.165, 1.54) is 32.1 Å². The van der Waals surface area contributed by atoms with E-state index in [2.05, 4.69) is 28.2 Å². The van der Waals surface area contributed by atoms with Gasteiger partial charge in [0.25, 0.3) is 0 Å². The van der Waals surface area contributed by atoms with Gasteiger partial charge in [-0.2, -0.15) is 0 Å². The van der Waals surface area contributed by atoms with Crippen LogP contribution in [0.15, 0.2) is 21.2 Å². The van der Waals surface area contributed by atoms with E-state index in [0.29, 0.717) is 6.04 Å². The molecule has 1 aliphatic rings. The van der Waals surface area contributed by atoms with Crippen molar-refractivity contribution in [3.63, 3.8) is 0 Å². The number of furan rings is 1. The van der Waals surface area contributed by atoms with Crippen LogP contribution in [-0.4, -0.2) is 6.54 Å². The maximum atomic E-state index is 5.62. The second-order valence-corrected chi connectivity index (χ2v) is 5.42. The smallest absolute Gasteiger partial charge is 0.135 e. The lowest BCUT2D eigenvalue weighted by Crippen LogP contribution is -2.29. The van der Waals surface area contributed by atoms with Crippen molar-refractivity contribution in [1.29, 1.82) is 0 Å². The Bertz CT molecular complexity index is 317. The minimum absolute atomic E-state index is 0.384. The van der Waals surface area contributed by atoms with E-state index in [1.807, 2.05) is 6.07 Å². The van der Waals surface area contributed by atoms with Crippen molar-refractivity contribution in [1.82, 2.24) is 5.32 Å². The van der Waals surface area contributed by atoms with Crippen LogP contribution in [0.1, 0.15) is 50.8 Å². The molecule has 3 heteroatoms. The second kappa shape index (κ2) is 5.87. The molecule has 0 bridgehead atoms. The van der Waals surface area contributed by atoms with Gasteiger partial charge in [0, 0.05) is 0 Å². The fourth-order valence-corrected chi connectivity index (χ4v) is 3.14. The summed E-state index contributed by atoms with van der Waals surface area (Å²) in [4.78, 5) is 0. The van der Waals surface area contributed by atoms with E-state index in [1.54, 1.807) is 6.26 Å². The molecule has 1 N–H and O–H groups in total. The van der Waals surface area contributed by atoms with E-state index in [0.717, 1.165) is 22.7 Å². The Hall–Kier alpha value is -0.280. The minimum atomic E-state index is 0.384. The monoisotopic (exact) mass is 285 g/mol. The van der Waals surface area contributed by atoms with Crippen molar-refractivity contribution in [3.05, 3.63) is 22.6 Å². The van der Waals surface area contributed by atoms with Crippen LogP contribution in [0, 0.1) is 5.92 Å². The van der Waals surface area contributed by atoms with Crippen molar-refractivity contribution in [2.75, 3.05) is 6.54 Å². The highest BCUT2D eigenvalue weighted by molar-refractivity contribution is 9.10. The van der Waals surface area contributed by atoms with Gasteiger partial charge < -0.3 is 9.73 Å². The Morgan fingerprint density at radius 3 is 2.75 bits per heavy atom. The number of rotatable bonds is 4. The highest BCUT2D eigenvalue weighted by Gasteiger charge is 2.27. The van der Waals surface area contributed by atoms with Crippen molar-refractivity contribution in [3.8, 4) is 0 Å². The molecule has 0 radical (unpaired) electrons. The lowest BCUT2D eigenvalue weighted by molar-refractivity contribution is 0.246. The number of nitrogens with one attached hydrogen (secondary N) is 1. The molecular formula is C13H20BrNO. The zero-order chi connectivity index (χ0) is 11.4. The highest BCUT2D eigenvalue weighted by Crippen LogP contribution is 2.37. The van der Waals surface area contributed by atoms with E-state index in [4.69, 9.17) is 4.42 Å². The van der Waals surface area contributed by atoms with E-state index < -0.39 is 0 Å². The molecule has 0 amide bonds. The van der Waals surface area contributed by atoms with Gasteiger partial charge in [-0.15, -0.1) is 0 Å². The predicted octanol–water partition coefficient (Wildman–Crippen LogP) is 4.27. The van der Waals surface area contributed by atoms with Gasteiger partial charge in [0.1, 0.15) is 5.76 Å². The standard InChI is InChI=1S/C13H20BrNO/c1-2-15-12(10-6-4-3-5-7-10)13-11(14)8-9-16-13/h8-10,12,15H,2-7H2,1H3. The van der Waals surface area contributed by atoms with Crippen LogP contribution in [-0.2, 0) is 0 Å². The maximum absolute atomic E-state index is 5.62. The van der Waals surface area contributed by atoms with Gasteiger partial charge in [-0.3, -0.25) is 0 Å². The summed E-state index contributed by atoms with van der Waals surface area (Å²) in [5, 5.41) is 3.57. The average Bonchev–Trinajstić information content (AvgIpc) is 2.73. The summed E-state index contributed by atoms with van der Waals surface area (Å²) >= 11 is 3.57. The molecule has 1 saturated carbocycles. The van der Waals surface area contributed by atoms with Gasteiger partial charge in [-0.05, 0) is 47.3 Å². The van der Waals surface area contributed by atoms with Crippen molar-refractivity contribution in [2.24, 2.45) is 5.92 Å². The van der Waals surface area contributed by atoms with Gasteiger partial charge in [0.05, 0.1) is 16.8 Å². The number of halogens is 1. The van der Waals surface area contributed by atoms with E-state index in [9.17, 15) is 0 Å². The lowest BCUT2D eigenvalue weighted by Gasteiger charge is -2.29. The van der Waals surface area contributed by atoms with Gasteiger partial charge in [-0.1, -0.05) is 26.2 Å². The molecule has 0 saturated heterocycles. The lowest BCUT2D eigenvalue weighted by atomic mass is 9.83. The highest BCUT2D eigenvalue weighted by atomic mass is 79.9. The largest absolute Gasteiger partial charge is 0.466 e. The quantitative estimate of drug-likeness (QED) is 0.894. The zero-order valence-corrected chi connectivity index (χ0v) is 11.4. The molecule has 1 aromatic heterocycles. The summed E-state index contributed by atoms with van der Waals surface area (Å²) in [5.41, 5.74) is 0. The topological polar surface area (TPSA) is 25.2 Å². The maximum Gasteiger partial charge on any atom is 0.135 e. The second-order valence-electron chi connectivity index (χ2n) is 4.57. The summed E-state index contributed by atoms with van der Waals surface area (Å²) in [7, 11) is 0. The first kappa shape index (κ1) is 12.2. The van der Waals surface area contributed by atoms with Gasteiger partial charge >= 0.3 is 0 Å². The first-order chi connectivity index (χ1) is 7.83. The summed E-state index contributed by atoms with van der Waals surface area (Å²) in [6.45, 7) is 3.15. The fourth-order valence-electron chi connectivity index (χ4n) is 2.69. The predicted molar refractivity (Wildman–Crippen MR) is 69.4 cm³/mol. The number of hydrogen-bond donors (Lipinski definition) is 1. The molecule has 90 valence electrons. The summed E-state index contributed by atoms with van der Waals surface area (Å²) in [5.74, 6) is 1.81. The first-order valence-electron chi connectivity index (χ1n) is 6.29. The minimum Gasteiger partial charge on any atom is -0.466 e. The SMILES string of the molecule is CCNC(c1occc1Br)C1CCCCC1. The molecule has 2 rings (SSSR count). The Kier molecular flexibility index (Phi) is 4.47. The molecule has 0 aromatic carbocycles. The molecule has 0 aliphatic heterocycles. The van der Waals surface area contributed by atoms with Crippen LogP contribution in [0.2, 0.25) is 0 Å². The third kappa shape index (κ3) is 2.69. The Morgan fingerprint density at radius 2 is 2.19 bits per heavy atom. The molecule has 1 heterocycles. The molecule has 0 spiro atoms. The van der Waals surface area contributed by atoms with Crippen LogP contribution < -0.4 is 5.32 Å². The van der Waals surface area contributed by atoms with Crippen molar-refractivity contribution in [2.45, 2.75) is 45.1 Å². The third-order valence-electron chi connectivity index (χ3n) is 3.47. The Labute approximate surface area is 106 Å². The molecule has 1 aliphatic carbocycles. The number of hydrogen-bond acceptors (Lipinski definition) is 2. The van der Waals surface area contributed by atoms with Crippen LogP contribution in [0.3, 0.4) is 0 Å². The van der Waals surface area contributed by atoms with E-state index in [-0.39, 0.29) is 0 Å². The Balaban J connectivity index is 2.12. The van der Waals surface area contributed by atoms with Crippen molar-refractivity contribution >= 4 is 15.9 Å². The summed E-state index contributed by atoms with van der Waals surface area (Å²) in [6.07, 6.45) is 8.55. The first-order valence-corrected chi connectivity index (χ1v) is 7.08. The van der Waals surface area contributed by atoms with Gasteiger partial charge in [0.2, 0.25) is 0 Å². The van der Waals surface area contributed by atoms with E-state index >= 15 is 0 Å². The average molecular weight is 286 g/mol. The molecule has 2 nitrogen and oxygen atoms in total. The molecular weight excluding hydrogens is 266 g/mol. The molecule has 1 fully saturated rings. The van der Waals surface area contributed by atoms with Gasteiger partial charge in [0.15, 0.2) is 0 Å². The molecule has 16 heavy (non-hydrogen) atoms. The third-order valence-corrected chi connectivity index (χ3v) is 4.13.